The SMILES string of the molecule is N=C(CNC1CCCC1)c1ccc(-c2ccc(-c3ccc(C(N)=NC4CCCC4)cc3)o2)cc1. The van der Waals surface area contributed by atoms with Gasteiger partial charge in [-0.15, -0.1) is 0 Å². The van der Waals surface area contributed by atoms with Crippen molar-refractivity contribution < 1.29 is 4.42 Å². The second-order valence-electron chi connectivity index (χ2n) is 9.61. The molecule has 2 aromatic carbocycles. The van der Waals surface area contributed by atoms with Gasteiger partial charge < -0.3 is 20.9 Å². The van der Waals surface area contributed by atoms with Crippen LogP contribution in [0.15, 0.2) is 70.1 Å². The number of benzene rings is 2. The van der Waals surface area contributed by atoms with Crippen molar-refractivity contribution in [1.82, 2.24) is 5.32 Å². The van der Waals surface area contributed by atoms with E-state index in [1.165, 1.54) is 38.5 Å². The quantitative estimate of drug-likeness (QED) is 0.281. The molecule has 2 aliphatic rings. The van der Waals surface area contributed by atoms with Gasteiger partial charge in [0.2, 0.25) is 0 Å². The lowest BCUT2D eigenvalue weighted by atomic mass is 10.1. The predicted molar refractivity (Wildman–Crippen MR) is 140 cm³/mol. The first-order chi connectivity index (χ1) is 16.7. The van der Waals surface area contributed by atoms with Crippen LogP contribution in [-0.2, 0) is 0 Å². The standard InChI is InChI=1S/C29H34N4O/c30-26(19-32-24-5-1-2-6-24)20-9-11-21(12-10-20)27-17-18-28(34-27)22-13-15-23(16-14-22)29(31)33-25-7-3-4-8-25/h9-18,24-25,30,32H,1-8,19H2,(H2,31,33). The molecular formula is C29H34N4O. The Hall–Kier alpha value is -3.18. The van der Waals surface area contributed by atoms with Crippen LogP contribution >= 0.6 is 0 Å². The van der Waals surface area contributed by atoms with Gasteiger partial charge in [-0.2, -0.15) is 0 Å². The first-order valence-corrected chi connectivity index (χ1v) is 12.6. The van der Waals surface area contributed by atoms with Crippen molar-refractivity contribution in [1.29, 1.82) is 5.41 Å². The van der Waals surface area contributed by atoms with Crippen LogP contribution < -0.4 is 11.1 Å². The number of aliphatic imine (C=N–C) groups is 1. The maximum absolute atomic E-state index is 8.39. The predicted octanol–water partition coefficient (Wildman–Crippen LogP) is 6.16. The van der Waals surface area contributed by atoms with Crippen molar-refractivity contribution in [2.75, 3.05) is 6.54 Å². The fraction of sp³-hybridized carbons (Fsp3) is 0.379. The third-order valence-electron chi connectivity index (χ3n) is 7.16. The van der Waals surface area contributed by atoms with Gasteiger partial charge in [0.1, 0.15) is 17.4 Å². The second kappa shape index (κ2) is 10.4. The molecule has 0 amide bonds. The van der Waals surface area contributed by atoms with Gasteiger partial charge in [-0.05, 0) is 43.4 Å². The minimum atomic E-state index is 0.381. The Morgan fingerprint density at radius 2 is 1.32 bits per heavy atom. The number of amidine groups is 1. The zero-order valence-corrected chi connectivity index (χ0v) is 19.7. The Morgan fingerprint density at radius 1 is 0.794 bits per heavy atom. The summed E-state index contributed by atoms with van der Waals surface area (Å²) >= 11 is 0. The molecule has 1 heterocycles. The Morgan fingerprint density at radius 3 is 1.91 bits per heavy atom. The van der Waals surface area contributed by atoms with E-state index in [1.807, 2.05) is 60.7 Å². The van der Waals surface area contributed by atoms with E-state index in [9.17, 15) is 0 Å². The minimum Gasteiger partial charge on any atom is -0.456 e. The molecule has 0 unspecified atom stereocenters. The Labute approximate surface area is 202 Å². The highest BCUT2D eigenvalue weighted by molar-refractivity contribution is 6.00. The Balaban J connectivity index is 1.22. The number of hydrogen-bond donors (Lipinski definition) is 3. The average molecular weight is 455 g/mol. The highest BCUT2D eigenvalue weighted by Gasteiger charge is 2.16. The zero-order chi connectivity index (χ0) is 23.3. The topological polar surface area (TPSA) is 87.4 Å². The van der Waals surface area contributed by atoms with Gasteiger partial charge in [0.15, 0.2) is 0 Å². The van der Waals surface area contributed by atoms with Crippen LogP contribution in [0.4, 0.5) is 0 Å². The molecule has 176 valence electrons. The van der Waals surface area contributed by atoms with Crippen LogP contribution in [0.2, 0.25) is 0 Å². The maximum atomic E-state index is 8.39. The lowest BCUT2D eigenvalue weighted by Gasteiger charge is -2.12. The van der Waals surface area contributed by atoms with Crippen molar-refractivity contribution in [3.05, 3.63) is 71.8 Å². The van der Waals surface area contributed by atoms with Crippen molar-refractivity contribution in [2.24, 2.45) is 10.7 Å². The number of nitrogens with zero attached hydrogens (tertiary/aromatic N) is 1. The van der Waals surface area contributed by atoms with Gasteiger partial charge in [-0.1, -0.05) is 74.2 Å². The first kappa shape index (κ1) is 22.6. The summed E-state index contributed by atoms with van der Waals surface area (Å²) in [6.07, 6.45) is 9.87. The molecule has 5 heteroatoms. The van der Waals surface area contributed by atoms with Gasteiger partial charge in [0, 0.05) is 29.3 Å². The number of rotatable bonds is 8. The van der Waals surface area contributed by atoms with E-state index in [4.69, 9.17) is 20.6 Å². The Bertz CT molecular complexity index is 1130. The second-order valence-corrected chi connectivity index (χ2v) is 9.61. The molecule has 0 aliphatic heterocycles. The van der Waals surface area contributed by atoms with E-state index in [0.29, 0.717) is 30.2 Å². The lowest BCUT2D eigenvalue weighted by molar-refractivity contribution is 0.563. The van der Waals surface area contributed by atoms with Gasteiger partial charge in [0.25, 0.3) is 0 Å². The highest BCUT2D eigenvalue weighted by Crippen LogP contribution is 2.29. The molecule has 0 atom stereocenters. The molecule has 2 fully saturated rings. The van der Waals surface area contributed by atoms with E-state index in [1.54, 1.807) is 0 Å². The van der Waals surface area contributed by atoms with E-state index in [-0.39, 0.29) is 0 Å². The monoisotopic (exact) mass is 454 g/mol. The van der Waals surface area contributed by atoms with E-state index < -0.39 is 0 Å². The van der Waals surface area contributed by atoms with Crippen LogP contribution in [0.3, 0.4) is 0 Å². The number of furan rings is 1. The summed E-state index contributed by atoms with van der Waals surface area (Å²) in [5, 5.41) is 11.9. The summed E-state index contributed by atoms with van der Waals surface area (Å²) in [5.41, 5.74) is 10.8. The molecule has 2 aliphatic carbocycles. The molecule has 2 saturated carbocycles. The summed E-state index contributed by atoms with van der Waals surface area (Å²) in [4.78, 5) is 4.70. The number of nitrogens with two attached hydrogens (primary N) is 1. The van der Waals surface area contributed by atoms with Crippen LogP contribution in [-0.4, -0.2) is 30.2 Å². The van der Waals surface area contributed by atoms with E-state index >= 15 is 0 Å². The average Bonchev–Trinajstić information content (AvgIpc) is 3.66. The highest BCUT2D eigenvalue weighted by atomic mass is 16.3. The zero-order valence-electron chi connectivity index (χ0n) is 19.7. The van der Waals surface area contributed by atoms with Crippen molar-refractivity contribution >= 4 is 11.5 Å². The molecule has 3 aromatic rings. The summed E-state index contributed by atoms with van der Waals surface area (Å²) < 4.78 is 6.15. The van der Waals surface area contributed by atoms with Gasteiger partial charge in [-0.25, -0.2) is 0 Å². The van der Waals surface area contributed by atoms with Crippen molar-refractivity contribution in [3.8, 4) is 22.6 Å². The normalized spacial score (nSPS) is 17.5. The van der Waals surface area contributed by atoms with Crippen molar-refractivity contribution in [3.63, 3.8) is 0 Å². The molecule has 5 rings (SSSR count). The number of nitrogens with one attached hydrogen (secondary N) is 2. The van der Waals surface area contributed by atoms with Crippen LogP contribution in [0, 0.1) is 5.41 Å². The molecule has 0 spiro atoms. The smallest absolute Gasteiger partial charge is 0.134 e. The first-order valence-electron chi connectivity index (χ1n) is 12.6. The lowest BCUT2D eigenvalue weighted by Crippen LogP contribution is -2.31. The Kier molecular flexibility index (Phi) is 6.91. The molecule has 4 N–H and O–H groups in total. The van der Waals surface area contributed by atoms with E-state index in [2.05, 4.69) is 5.32 Å². The maximum Gasteiger partial charge on any atom is 0.134 e. The fourth-order valence-electron chi connectivity index (χ4n) is 5.07. The molecule has 0 radical (unpaired) electrons. The van der Waals surface area contributed by atoms with E-state index in [0.717, 1.165) is 46.6 Å². The molecule has 34 heavy (non-hydrogen) atoms. The third kappa shape index (κ3) is 5.31. The minimum absolute atomic E-state index is 0.381. The fourth-order valence-corrected chi connectivity index (χ4v) is 5.07. The van der Waals surface area contributed by atoms with Gasteiger partial charge in [0.05, 0.1) is 11.8 Å². The molecule has 5 nitrogen and oxygen atoms in total. The van der Waals surface area contributed by atoms with Crippen LogP contribution in [0.1, 0.15) is 62.5 Å². The third-order valence-corrected chi connectivity index (χ3v) is 7.16. The van der Waals surface area contributed by atoms with Crippen molar-refractivity contribution in [2.45, 2.75) is 63.5 Å². The summed E-state index contributed by atoms with van der Waals surface area (Å²) in [6.45, 7) is 0.626. The van der Waals surface area contributed by atoms with Crippen LogP contribution in [0.5, 0.6) is 0 Å². The summed E-state index contributed by atoms with van der Waals surface area (Å²) in [7, 11) is 0. The summed E-state index contributed by atoms with van der Waals surface area (Å²) in [5.74, 6) is 2.27. The van der Waals surface area contributed by atoms with Gasteiger partial charge in [-0.3, -0.25) is 4.99 Å². The van der Waals surface area contributed by atoms with Gasteiger partial charge >= 0.3 is 0 Å². The molecule has 1 aromatic heterocycles. The summed E-state index contributed by atoms with van der Waals surface area (Å²) in [6, 6.07) is 21.2. The molecule has 0 bridgehead atoms. The number of hydrogen-bond acceptors (Lipinski definition) is 4. The molecule has 0 saturated heterocycles. The molecular weight excluding hydrogens is 420 g/mol. The largest absolute Gasteiger partial charge is 0.456 e. The van der Waals surface area contributed by atoms with Crippen LogP contribution in [0.25, 0.3) is 22.6 Å².